The van der Waals surface area contributed by atoms with E-state index in [1.165, 1.54) is 6.20 Å². The van der Waals surface area contributed by atoms with Gasteiger partial charge in [-0.2, -0.15) is 0 Å². The summed E-state index contributed by atoms with van der Waals surface area (Å²) < 4.78 is 0. The predicted octanol–water partition coefficient (Wildman–Crippen LogP) is 1.09. The van der Waals surface area contributed by atoms with Crippen LogP contribution in [-0.2, 0) is 6.42 Å². The number of nitrogens with one attached hydrogen (secondary N) is 1. The first-order chi connectivity index (χ1) is 7.25. The lowest BCUT2D eigenvalue weighted by Crippen LogP contribution is -1.97. The summed E-state index contributed by atoms with van der Waals surface area (Å²) in [5.41, 5.74) is 1.10. The Bertz CT molecular complexity index is 465. The number of hydrogen-bond acceptors (Lipinski definition) is 3. The fourth-order valence-electron chi connectivity index (χ4n) is 1.26. The van der Waals surface area contributed by atoms with Gasteiger partial charge in [0.15, 0.2) is 0 Å². The van der Waals surface area contributed by atoms with E-state index in [2.05, 4.69) is 15.0 Å². The number of pyridine rings is 1. The molecule has 0 saturated carbocycles. The summed E-state index contributed by atoms with van der Waals surface area (Å²) >= 11 is 0. The molecule has 0 aliphatic carbocycles. The number of carboxylic acid groups (broad SMARTS) is 1. The van der Waals surface area contributed by atoms with E-state index in [0.717, 1.165) is 5.56 Å². The van der Waals surface area contributed by atoms with E-state index in [-0.39, 0.29) is 5.69 Å². The average molecular weight is 203 g/mol. The van der Waals surface area contributed by atoms with Gasteiger partial charge in [0, 0.05) is 18.8 Å². The minimum Gasteiger partial charge on any atom is -0.477 e. The fraction of sp³-hybridized carbons (Fsp3) is 0.100. The smallest absolute Gasteiger partial charge is 0.353 e. The summed E-state index contributed by atoms with van der Waals surface area (Å²) in [6.07, 6.45) is 5.28. The van der Waals surface area contributed by atoms with Crippen LogP contribution < -0.4 is 0 Å². The van der Waals surface area contributed by atoms with Crippen molar-refractivity contribution in [3.05, 3.63) is 47.8 Å². The number of hydrogen-bond donors (Lipinski definition) is 2. The third-order valence-corrected chi connectivity index (χ3v) is 1.95. The van der Waals surface area contributed by atoms with Gasteiger partial charge in [0.2, 0.25) is 0 Å². The first-order valence-corrected chi connectivity index (χ1v) is 4.42. The average Bonchev–Trinajstić information content (AvgIpc) is 2.68. The highest BCUT2D eigenvalue weighted by Gasteiger charge is 2.07. The molecular formula is C10H9N3O2. The van der Waals surface area contributed by atoms with Crippen LogP contribution in [0.15, 0.2) is 30.7 Å². The van der Waals surface area contributed by atoms with E-state index >= 15 is 0 Å². The lowest BCUT2D eigenvalue weighted by molar-refractivity contribution is 0.0691. The first kappa shape index (κ1) is 9.39. The standard InChI is InChI=1S/C10H9N3O2/c14-10(15)8-6-12-9(13-8)4-7-2-1-3-11-5-7/h1-3,5-6H,4H2,(H,12,13)(H,14,15). The van der Waals surface area contributed by atoms with Gasteiger partial charge in [-0.25, -0.2) is 9.78 Å². The Labute approximate surface area is 85.8 Å². The molecule has 76 valence electrons. The zero-order valence-corrected chi connectivity index (χ0v) is 7.84. The van der Waals surface area contributed by atoms with Gasteiger partial charge in [-0.3, -0.25) is 4.98 Å². The van der Waals surface area contributed by atoms with Gasteiger partial charge in [0.25, 0.3) is 0 Å². The molecule has 0 fully saturated rings. The molecule has 0 radical (unpaired) electrons. The summed E-state index contributed by atoms with van der Waals surface area (Å²) in [7, 11) is 0. The Hall–Kier alpha value is -2.17. The number of H-pyrrole nitrogens is 1. The first-order valence-electron chi connectivity index (χ1n) is 4.42. The van der Waals surface area contributed by atoms with E-state index < -0.39 is 5.97 Å². The number of rotatable bonds is 3. The van der Waals surface area contributed by atoms with E-state index in [1.807, 2.05) is 12.1 Å². The molecule has 2 aromatic heterocycles. The van der Waals surface area contributed by atoms with Crippen LogP contribution in [0, 0.1) is 0 Å². The summed E-state index contributed by atoms with van der Waals surface area (Å²) in [5.74, 6) is -0.375. The summed E-state index contributed by atoms with van der Waals surface area (Å²) in [6, 6.07) is 3.74. The quantitative estimate of drug-likeness (QED) is 0.782. The molecule has 0 atom stereocenters. The van der Waals surface area contributed by atoms with Crippen molar-refractivity contribution >= 4 is 5.97 Å². The van der Waals surface area contributed by atoms with Crippen LogP contribution in [0.2, 0.25) is 0 Å². The van der Waals surface area contributed by atoms with Crippen LogP contribution in [0.1, 0.15) is 21.9 Å². The summed E-state index contributed by atoms with van der Waals surface area (Å²) in [4.78, 5) is 21.2. The molecule has 2 N–H and O–H groups in total. The topological polar surface area (TPSA) is 78.9 Å². The molecule has 0 amide bonds. The SMILES string of the molecule is O=C(O)c1cnc(Cc2cccnc2)[nH]1. The molecule has 0 saturated heterocycles. The Kier molecular flexibility index (Phi) is 2.45. The molecule has 0 aromatic carbocycles. The Balaban J connectivity index is 2.15. The highest BCUT2D eigenvalue weighted by atomic mass is 16.4. The number of nitrogens with zero attached hydrogens (tertiary/aromatic N) is 2. The van der Waals surface area contributed by atoms with Gasteiger partial charge >= 0.3 is 5.97 Å². The third-order valence-electron chi connectivity index (χ3n) is 1.95. The van der Waals surface area contributed by atoms with Gasteiger partial charge in [0.1, 0.15) is 11.5 Å². The molecule has 0 unspecified atom stereocenters. The van der Waals surface area contributed by atoms with E-state index in [4.69, 9.17) is 5.11 Å². The van der Waals surface area contributed by atoms with Crippen molar-refractivity contribution in [1.29, 1.82) is 0 Å². The maximum Gasteiger partial charge on any atom is 0.353 e. The number of aromatic carboxylic acids is 1. The number of carboxylic acids is 1. The van der Waals surface area contributed by atoms with Crippen molar-refractivity contribution in [1.82, 2.24) is 15.0 Å². The van der Waals surface area contributed by atoms with Crippen LogP contribution in [0.3, 0.4) is 0 Å². The molecule has 5 nitrogen and oxygen atoms in total. The largest absolute Gasteiger partial charge is 0.477 e. The van der Waals surface area contributed by atoms with Crippen LogP contribution in [0.5, 0.6) is 0 Å². The summed E-state index contributed by atoms with van der Waals surface area (Å²) in [5, 5.41) is 8.68. The molecular weight excluding hydrogens is 194 g/mol. The lowest BCUT2D eigenvalue weighted by Gasteiger charge is -1.95. The maximum atomic E-state index is 10.6. The minimum absolute atomic E-state index is 0.105. The molecule has 0 spiro atoms. The number of aromatic nitrogens is 3. The Morgan fingerprint density at radius 3 is 2.93 bits per heavy atom. The molecule has 5 heteroatoms. The zero-order chi connectivity index (χ0) is 10.7. The minimum atomic E-state index is -1.00. The Morgan fingerprint density at radius 1 is 1.47 bits per heavy atom. The second-order valence-electron chi connectivity index (χ2n) is 3.09. The van der Waals surface area contributed by atoms with Crippen LogP contribution in [0.25, 0.3) is 0 Å². The number of carbonyl (C=O) groups is 1. The van der Waals surface area contributed by atoms with Crippen molar-refractivity contribution in [3.63, 3.8) is 0 Å². The monoisotopic (exact) mass is 203 g/mol. The van der Waals surface area contributed by atoms with Crippen molar-refractivity contribution in [2.24, 2.45) is 0 Å². The number of aromatic amines is 1. The lowest BCUT2D eigenvalue weighted by atomic mass is 10.2. The van der Waals surface area contributed by atoms with Crippen molar-refractivity contribution in [3.8, 4) is 0 Å². The highest BCUT2D eigenvalue weighted by Crippen LogP contribution is 2.05. The Morgan fingerprint density at radius 2 is 2.33 bits per heavy atom. The van der Waals surface area contributed by atoms with Crippen LogP contribution in [-0.4, -0.2) is 26.0 Å². The van der Waals surface area contributed by atoms with Crippen LogP contribution in [0.4, 0.5) is 0 Å². The summed E-state index contributed by atoms with van der Waals surface area (Å²) in [6.45, 7) is 0. The molecule has 2 rings (SSSR count). The molecule has 2 aromatic rings. The fourth-order valence-corrected chi connectivity index (χ4v) is 1.26. The van der Waals surface area contributed by atoms with Gasteiger partial charge in [-0.1, -0.05) is 6.07 Å². The molecule has 0 aliphatic heterocycles. The van der Waals surface area contributed by atoms with Gasteiger partial charge in [0.05, 0.1) is 6.20 Å². The molecule has 0 aliphatic rings. The zero-order valence-electron chi connectivity index (χ0n) is 7.84. The van der Waals surface area contributed by atoms with Crippen LogP contribution >= 0.6 is 0 Å². The predicted molar refractivity (Wildman–Crippen MR) is 52.6 cm³/mol. The van der Waals surface area contributed by atoms with Crippen molar-refractivity contribution in [2.45, 2.75) is 6.42 Å². The van der Waals surface area contributed by atoms with Gasteiger partial charge < -0.3 is 10.1 Å². The molecule has 2 heterocycles. The number of imidazole rings is 1. The van der Waals surface area contributed by atoms with E-state index in [1.54, 1.807) is 12.4 Å². The highest BCUT2D eigenvalue weighted by molar-refractivity contribution is 5.85. The second kappa shape index (κ2) is 3.91. The van der Waals surface area contributed by atoms with Gasteiger partial charge in [-0.15, -0.1) is 0 Å². The normalized spacial score (nSPS) is 10.1. The van der Waals surface area contributed by atoms with Crippen molar-refractivity contribution < 1.29 is 9.90 Å². The van der Waals surface area contributed by atoms with E-state index in [9.17, 15) is 4.79 Å². The van der Waals surface area contributed by atoms with Crippen molar-refractivity contribution in [2.75, 3.05) is 0 Å². The van der Waals surface area contributed by atoms with Gasteiger partial charge in [-0.05, 0) is 11.6 Å². The second-order valence-corrected chi connectivity index (χ2v) is 3.09. The van der Waals surface area contributed by atoms with E-state index in [0.29, 0.717) is 12.2 Å². The third kappa shape index (κ3) is 2.19. The molecule has 0 bridgehead atoms. The molecule has 15 heavy (non-hydrogen) atoms. The maximum absolute atomic E-state index is 10.6.